The van der Waals surface area contributed by atoms with Crippen LogP contribution in [0.25, 0.3) is 21.5 Å². The lowest BCUT2D eigenvalue weighted by Crippen LogP contribution is -2.20. The van der Waals surface area contributed by atoms with Gasteiger partial charge in [-0.3, -0.25) is 0 Å². The van der Waals surface area contributed by atoms with E-state index >= 15 is 0 Å². The summed E-state index contributed by atoms with van der Waals surface area (Å²) in [7, 11) is 2.21. The van der Waals surface area contributed by atoms with Crippen LogP contribution in [0.2, 0.25) is 0 Å². The molecular weight excluding hydrogens is 302 g/mol. The van der Waals surface area contributed by atoms with Gasteiger partial charge in [0.15, 0.2) is 0 Å². The molecule has 0 aromatic heterocycles. The maximum atomic E-state index is 2.41. The van der Waals surface area contributed by atoms with Crippen molar-refractivity contribution in [3.63, 3.8) is 0 Å². The number of fused-ring (bicyclic) bond motifs is 2. The van der Waals surface area contributed by atoms with E-state index in [1.54, 1.807) is 0 Å². The predicted octanol–water partition coefficient (Wildman–Crippen LogP) is 5.67. The first kappa shape index (κ1) is 15.9. The van der Waals surface area contributed by atoms with Gasteiger partial charge in [-0.15, -0.1) is 0 Å². The normalized spacial score (nSPS) is 11.4. The lowest BCUT2D eigenvalue weighted by Gasteiger charge is -2.18. The summed E-state index contributed by atoms with van der Waals surface area (Å²) in [5, 5.41) is 5.44. The number of nitrogens with zero attached hydrogens (tertiary/aromatic N) is 1. The SMILES string of the molecule is CN(CCc1c2ccccc2cc2ccccc12)Cc1ccccc1. The Kier molecular flexibility index (Phi) is 4.49. The third kappa shape index (κ3) is 3.42. The fourth-order valence-corrected chi connectivity index (χ4v) is 3.65. The first-order valence-corrected chi connectivity index (χ1v) is 8.93. The van der Waals surface area contributed by atoms with Crippen molar-refractivity contribution in [2.24, 2.45) is 0 Å². The molecule has 0 spiro atoms. The van der Waals surface area contributed by atoms with Crippen molar-refractivity contribution in [1.29, 1.82) is 0 Å². The molecule has 0 bridgehead atoms. The van der Waals surface area contributed by atoms with Gasteiger partial charge < -0.3 is 4.90 Å². The second-order valence-electron chi connectivity index (χ2n) is 6.77. The standard InChI is InChI=1S/C24H23N/c1-25(18-19-9-3-2-4-10-19)16-15-24-22-13-7-5-11-20(22)17-21-12-6-8-14-23(21)24/h2-14,17H,15-16,18H2,1H3. The van der Waals surface area contributed by atoms with Gasteiger partial charge in [0.25, 0.3) is 0 Å². The predicted molar refractivity (Wildman–Crippen MR) is 108 cm³/mol. The molecule has 0 saturated heterocycles. The minimum absolute atomic E-state index is 0.990. The quantitative estimate of drug-likeness (QED) is 0.427. The molecule has 0 aliphatic heterocycles. The lowest BCUT2D eigenvalue weighted by atomic mass is 9.95. The van der Waals surface area contributed by atoms with Gasteiger partial charge in [0.05, 0.1) is 0 Å². The molecule has 0 aliphatic rings. The highest BCUT2D eigenvalue weighted by Crippen LogP contribution is 2.29. The van der Waals surface area contributed by atoms with Gasteiger partial charge >= 0.3 is 0 Å². The Bertz CT molecular complexity index is 934. The average molecular weight is 325 g/mol. The van der Waals surface area contributed by atoms with Crippen LogP contribution < -0.4 is 0 Å². The Morgan fingerprint density at radius 3 is 1.88 bits per heavy atom. The van der Waals surface area contributed by atoms with E-state index in [2.05, 4.69) is 96.9 Å². The van der Waals surface area contributed by atoms with E-state index in [0.29, 0.717) is 0 Å². The topological polar surface area (TPSA) is 3.24 Å². The molecule has 0 N–H and O–H groups in total. The zero-order chi connectivity index (χ0) is 17.1. The number of likely N-dealkylation sites (N-methyl/N-ethyl adjacent to an activating group) is 1. The zero-order valence-electron chi connectivity index (χ0n) is 14.7. The summed E-state index contributed by atoms with van der Waals surface area (Å²) < 4.78 is 0. The summed E-state index contributed by atoms with van der Waals surface area (Å²) in [5.41, 5.74) is 2.83. The first-order chi connectivity index (χ1) is 12.3. The number of hydrogen-bond acceptors (Lipinski definition) is 1. The third-order valence-corrected chi connectivity index (χ3v) is 4.92. The molecule has 0 radical (unpaired) electrons. The molecule has 0 aliphatic carbocycles. The molecule has 1 heteroatoms. The molecule has 4 aromatic rings. The van der Waals surface area contributed by atoms with Crippen molar-refractivity contribution in [2.75, 3.05) is 13.6 Å². The fraction of sp³-hybridized carbons (Fsp3) is 0.167. The Labute approximate surface area is 149 Å². The van der Waals surface area contributed by atoms with Crippen LogP contribution in [0.4, 0.5) is 0 Å². The third-order valence-electron chi connectivity index (χ3n) is 4.92. The minimum Gasteiger partial charge on any atom is -0.302 e. The van der Waals surface area contributed by atoms with E-state index in [0.717, 1.165) is 19.5 Å². The summed E-state index contributed by atoms with van der Waals surface area (Å²) in [6, 6.07) is 30.5. The Hall–Kier alpha value is -2.64. The number of hydrogen-bond donors (Lipinski definition) is 0. The second-order valence-corrected chi connectivity index (χ2v) is 6.77. The monoisotopic (exact) mass is 325 g/mol. The summed E-state index contributed by atoms with van der Waals surface area (Å²) in [4.78, 5) is 2.41. The highest BCUT2D eigenvalue weighted by molar-refractivity contribution is 6.02. The minimum atomic E-state index is 0.990. The van der Waals surface area contributed by atoms with E-state index in [4.69, 9.17) is 0 Å². The highest BCUT2D eigenvalue weighted by Gasteiger charge is 2.09. The molecule has 4 aromatic carbocycles. The molecule has 0 saturated carbocycles. The summed E-state index contributed by atoms with van der Waals surface area (Å²) in [5.74, 6) is 0. The van der Waals surface area contributed by atoms with Gasteiger partial charge in [-0.2, -0.15) is 0 Å². The molecule has 0 atom stereocenters. The molecule has 0 amide bonds. The van der Waals surface area contributed by atoms with Crippen LogP contribution >= 0.6 is 0 Å². The van der Waals surface area contributed by atoms with E-state index < -0.39 is 0 Å². The number of rotatable bonds is 5. The summed E-state index contributed by atoms with van der Waals surface area (Å²) in [6.45, 7) is 2.04. The molecule has 4 rings (SSSR count). The van der Waals surface area contributed by atoms with Crippen LogP contribution in [-0.4, -0.2) is 18.5 Å². The Morgan fingerprint density at radius 2 is 1.24 bits per heavy atom. The highest BCUT2D eigenvalue weighted by atomic mass is 15.1. The largest absolute Gasteiger partial charge is 0.302 e. The van der Waals surface area contributed by atoms with Gasteiger partial charge in [0, 0.05) is 13.1 Å². The first-order valence-electron chi connectivity index (χ1n) is 8.93. The van der Waals surface area contributed by atoms with Crippen LogP contribution in [0.15, 0.2) is 84.9 Å². The molecular formula is C24H23N. The van der Waals surface area contributed by atoms with Crippen LogP contribution in [0.3, 0.4) is 0 Å². The van der Waals surface area contributed by atoms with Crippen molar-refractivity contribution in [2.45, 2.75) is 13.0 Å². The van der Waals surface area contributed by atoms with E-state index in [1.165, 1.54) is 32.7 Å². The maximum absolute atomic E-state index is 2.41. The van der Waals surface area contributed by atoms with Crippen LogP contribution in [-0.2, 0) is 13.0 Å². The van der Waals surface area contributed by atoms with Crippen LogP contribution in [0, 0.1) is 0 Å². The number of benzene rings is 4. The summed E-state index contributed by atoms with van der Waals surface area (Å²) >= 11 is 0. The Balaban J connectivity index is 1.63. The van der Waals surface area contributed by atoms with Gasteiger partial charge in [-0.1, -0.05) is 78.9 Å². The molecule has 0 fully saturated rings. The Morgan fingerprint density at radius 1 is 0.680 bits per heavy atom. The smallest absolute Gasteiger partial charge is 0.0230 e. The van der Waals surface area contributed by atoms with Crippen molar-refractivity contribution < 1.29 is 0 Å². The second kappa shape index (κ2) is 7.08. The van der Waals surface area contributed by atoms with Crippen LogP contribution in [0.1, 0.15) is 11.1 Å². The molecule has 124 valence electrons. The lowest BCUT2D eigenvalue weighted by molar-refractivity contribution is 0.332. The van der Waals surface area contributed by atoms with Crippen LogP contribution in [0.5, 0.6) is 0 Å². The van der Waals surface area contributed by atoms with Gasteiger partial charge in [0.2, 0.25) is 0 Å². The fourth-order valence-electron chi connectivity index (χ4n) is 3.65. The van der Waals surface area contributed by atoms with E-state index in [1.807, 2.05) is 0 Å². The van der Waals surface area contributed by atoms with Crippen molar-refractivity contribution in [3.05, 3.63) is 96.1 Å². The molecule has 0 heterocycles. The van der Waals surface area contributed by atoms with Gasteiger partial charge in [0.1, 0.15) is 0 Å². The maximum Gasteiger partial charge on any atom is 0.0230 e. The van der Waals surface area contributed by atoms with Crippen molar-refractivity contribution >= 4 is 21.5 Å². The van der Waals surface area contributed by atoms with Gasteiger partial charge in [-0.25, -0.2) is 0 Å². The van der Waals surface area contributed by atoms with Gasteiger partial charge in [-0.05, 0) is 52.2 Å². The van der Waals surface area contributed by atoms with Crippen molar-refractivity contribution in [3.8, 4) is 0 Å². The van der Waals surface area contributed by atoms with E-state index in [9.17, 15) is 0 Å². The molecule has 1 nitrogen and oxygen atoms in total. The zero-order valence-corrected chi connectivity index (χ0v) is 14.7. The molecule has 25 heavy (non-hydrogen) atoms. The summed E-state index contributed by atoms with van der Waals surface area (Å²) in [6.07, 6.45) is 1.06. The average Bonchev–Trinajstić information content (AvgIpc) is 2.66. The molecule has 0 unspecified atom stereocenters. The van der Waals surface area contributed by atoms with E-state index in [-0.39, 0.29) is 0 Å². The van der Waals surface area contributed by atoms with Crippen molar-refractivity contribution in [1.82, 2.24) is 4.90 Å².